The number of rotatable bonds is 2. The van der Waals surface area contributed by atoms with Crippen molar-refractivity contribution in [2.24, 2.45) is 0 Å². The SMILES string of the molecule is N#Cc1ccc2nc(N3CC(F)(F)CC3CO)ccc2c1. The lowest BCUT2D eigenvalue weighted by molar-refractivity contribution is 0.0201. The Morgan fingerprint density at radius 1 is 1.38 bits per heavy atom. The molecule has 0 spiro atoms. The molecule has 108 valence electrons. The van der Waals surface area contributed by atoms with E-state index in [9.17, 15) is 13.9 Å². The molecule has 0 saturated carbocycles. The van der Waals surface area contributed by atoms with Crippen molar-refractivity contribution in [1.29, 1.82) is 5.26 Å². The summed E-state index contributed by atoms with van der Waals surface area (Å²) in [6.07, 6.45) is -0.364. The zero-order chi connectivity index (χ0) is 15.0. The number of fused-ring (bicyclic) bond motifs is 1. The van der Waals surface area contributed by atoms with Crippen molar-refractivity contribution in [2.75, 3.05) is 18.1 Å². The van der Waals surface area contributed by atoms with E-state index in [1.54, 1.807) is 30.3 Å². The summed E-state index contributed by atoms with van der Waals surface area (Å²) in [5.74, 6) is -2.39. The van der Waals surface area contributed by atoms with Gasteiger partial charge in [0.25, 0.3) is 5.92 Å². The first-order valence-corrected chi connectivity index (χ1v) is 6.59. The molecular formula is C15H13F2N3O. The van der Waals surface area contributed by atoms with Crippen LogP contribution < -0.4 is 4.90 Å². The molecule has 4 nitrogen and oxygen atoms in total. The molecule has 1 unspecified atom stereocenters. The van der Waals surface area contributed by atoms with Crippen LogP contribution in [0.1, 0.15) is 12.0 Å². The molecule has 1 aliphatic rings. The fourth-order valence-electron chi connectivity index (χ4n) is 2.67. The highest BCUT2D eigenvalue weighted by atomic mass is 19.3. The van der Waals surface area contributed by atoms with E-state index in [1.807, 2.05) is 6.07 Å². The second-order valence-electron chi connectivity index (χ2n) is 5.21. The maximum absolute atomic E-state index is 13.5. The van der Waals surface area contributed by atoms with Crippen LogP contribution in [-0.4, -0.2) is 35.2 Å². The summed E-state index contributed by atoms with van der Waals surface area (Å²) in [6, 6.07) is 9.86. The smallest absolute Gasteiger partial charge is 0.267 e. The zero-order valence-electron chi connectivity index (χ0n) is 11.1. The minimum atomic E-state index is -2.81. The molecule has 1 aromatic carbocycles. The Kier molecular flexibility index (Phi) is 3.22. The average molecular weight is 289 g/mol. The molecular weight excluding hydrogens is 276 g/mol. The van der Waals surface area contributed by atoms with Crippen LogP contribution >= 0.6 is 0 Å². The molecule has 1 atom stereocenters. The summed E-state index contributed by atoms with van der Waals surface area (Å²) in [5, 5.41) is 18.9. The third-order valence-corrected chi connectivity index (χ3v) is 3.69. The normalized spacial score (nSPS) is 20.7. The number of pyridine rings is 1. The molecule has 0 aliphatic carbocycles. The van der Waals surface area contributed by atoms with Gasteiger partial charge in [0.1, 0.15) is 5.82 Å². The Hall–Kier alpha value is -2.26. The van der Waals surface area contributed by atoms with E-state index in [0.29, 0.717) is 16.9 Å². The summed E-state index contributed by atoms with van der Waals surface area (Å²) >= 11 is 0. The maximum atomic E-state index is 13.5. The number of aliphatic hydroxyl groups is 1. The predicted molar refractivity (Wildman–Crippen MR) is 74.2 cm³/mol. The summed E-state index contributed by atoms with van der Waals surface area (Å²) in [7, 11) is 0. The highest BCUT2D eigenvalue weighted by Crippen LogP contribution is 2.35. The maximum Gasteiger partial charge on any atom is 0.267 e. The number of hydrogen-bond donors (Lipinski definition) is 1. The molecule has 0 bridgehead atoms. The van der Waals surface area contributed by atoms with Gasteiger partial charge in [-0.2, -0.15) is 5.26 Å². The van der Waals surface area contributed by atoms with Gasteiger partial charge in [0, 0.05) is 11.8 Å². The minimum Gasteiger partial charge on any atom is -0.394 e. The van der Waals surface area contributed by atoms with Crippen molar-refractivity contribution < 1.29 is 13.9 Å². The molecule has 1 saturated heterocycles. The van der Waals surface area contributed by atoms with Crippen LogP contribution in [0.4, 0.5) is 14.6 Å². The van der Waals surface area contributed by atoms with Gasteiger partial charge in [-0.25, -0.2) is 13.8 Å². The van der Waals surface area contributed by atoms with Crippen LogP contribution in [0.15, 0.2) is 30.3 Å². The molecule has 1 aromatic heterocycles. The van der Waals surface area contributed by atoms with Gasteiger partial charge >= 0.3 is 0 Å². The number of alkyl halides is 2. The van der Waals surface area contributed by atoms with Crippen molar-refractivity contribution in [2.45, 2.75) is 18.4 Å². The first-order valence-electron chi connectivity index (χ1n) is 6.59. The number of aliphatic hydroxyl groups excluding tert-OH is 1. The van der Waals surface area contributed by atoms with Crippen molar-refractivity contribution in [3.8, 4) is 6.07 Å². The molecule has 1 fully saturated rings. The van der Waals surface area contributed by atoms with Gasteiger partial charge < -0.3 is 10.0 Å². The summed E-state index contributed by atoms with van der Waals surface area (Å²) in [6.45, 7) is -0.768. The van der Waals surface area contributed by atoms with E-state index in [2.05, 4.69) is 4.98 Å². The second-order valence-corrected chi connectivity index (χ2v) is 5.21. The van der Waals surface area contributed by atoms with Crippen LogP contribution in [0.25, 0.3) is 10.9 Å². The first-order chi connectivity index (χ1) is 10.0. The Labute approximate surface area is 120 Å². The van der Waals surface area contributed by atoms with Gasteiger partial charge in [0.15, 0.2) is 0 Å². The van der Waals surface area contributed by atoms with Crippen LogP contribution in [-0.2, 0) is 0 Å². The van der Waals surface area contributed by atoms with Gasteiger partial charge in [-0.3, -0.25) is 0 Å². The molecule has 2 aromatic rings. The molecule has 21 heavy (non-hydrogen) atoms. The number of aromatic nitrogens is 1. The molecule has 0 radical (unpaired) electrons. The van der Waals surface area contributed by atoms with E-state index < -0.39 is 18.5 Å². The lowest BCUT2D eigenvalue weighted by Crippen LogP contribution is -2.33. The van der Waals surface area contributed by atoms with Crippen LogP contribution in [0.3, 0.4) is 0 Å². The topological polar surface area (TPSA) is 60.2 Å². The Morgan fingerprint density at radius 2 is 2.19 bits per heavy atom. The third kappa shape index (κ3) is 2.52. The van der Waals surface area contributed by atoms with E-state index in [-0.39, 0.29) is 13.0 Å². The molecule has 1 aliphatic heterocycles. The van der Waals surface area contributed by atoms with Crippen molar-refractivity contribution in [1.82, 2.24) is 4.98 Å². The summed E-state index contributed by atoms with van der Waals surface area (Å²) < 4.78 is 27.0. The van der Waals surface area contributed by atoms with Gasteiger partial charge in [-0.05, 0) is 30.3 Å². The molecule has 3 rings (SSSR count). The summed E-state index contributed by atoms with van der Waals surface area (Å²) in [4.78, 5) is 5.81. The van der Waals surface area contributed by atoms with Crippen LogP contribution in [0, 0.1) is 11.3 Å². The summed E-state index contributed by atoms with van der Waals surface area (Å²) in [5.41, 5.74) is 1.16. The average Bonchev–Trinajstić information content (AvgIpc) is 2.81. The zero-order valence-corrected chi connectivity index (χ0v) is 11.1. The minimum absolute atomic E-state index is 0.331. The molecule has 2 heterocycles. The highest BCUT2D eigenvalue weighted by molar-refractivity contribution is 5.81. The van der Waals surface area contributed by atoms with E-state index >= 15 is 0 Å². The van der Waals surface area contributed by atoms with E-state index in [4.69, 9.17) is 5.26 Å². The Bertz CT molecular complexity index is 726. The Morgan fingerprint density at radius 3 is 2.90 bits per heavy atom. The number of nitrogens with zero attached hydrogens (tertiary/aromatic N) is 3. The number of hydrogen-bond acceptors (Lipinski definition) is 4. The fraction of sp³-hybridized carbons (Fsp3) is 0.333. The quantitative estimate of drug-likeness (QED) is 0.921. The molecule has 6 heteroatoms. The second kappa shape index (κ2) is 4.93. The number of anilines is 1. The molecule has 0 amide bonds. The van der Waals surface area contributed by atoms with Crippen molar-refractivity contribution in [3.05, 3.63) is 35.9 Å². The van der Waals surface area contributed by atoms with Gasteiger partial charge in [0.05, 0.1) is 36.3 Å². The monoisotopic (exact) mass is 289 g/mol. The number of benzene rings is 1. The lowest BCUT2D eigenvalue weighted by atomic mass is 10.1. The van der Waals surface area contributed by atoms with Gasteiger partial charge in [-0.1, -0.05) is 0 Å². The van der Waals surface area contributed by atoms with Crippen molar-refractivity contribution in [3.63, 3.8) is 0 Å². The predicted octanol–water partition coefficient (Wildman–Crippen LogP) is 2.31. The Balaban J connectivity index is 1.99. The van der Waals surface area contributed by atoms with E-state index in [1.165, 1.54) is 4.90 Å². The van der Waals surface area contributed by atoms with Crippen LogP contribution in [0.5, 0.6) is 0 Å². The van der Waals surface area contributed by atoms with Crippen molar-refractivity contribution >= 4 is 16.7 Å². The fourth-order valence-corrected chi connectivity index (χ4v) is 2.67. The van der Waals surface area contributed by atoms with E-state index in [0.717, 1.165) is 5.39 Å². The third-order valence-electron chi connectivity index (χ3n) is 3.69. The van der Waals surface area contributed by atoms with Gasteiger partial charge in [-0.15, -0.1) is 0 Å². The van der Waals surface area contributed by atoms with Gasteiger partial charge in [0.2, 0.25) is 0 Å². The number of halogens is 2. The van der Waals surface area contributed by atoms with Crippen LogP contribution in [0.2, 0.25) is 0 Å². The molecule has 1 N–H and O–H groups in total. The highest BCUT2D eigenvalue weighted by Gasteiger charge is 2.45. The largest absolute Gasteiger partial charge is 0.394 e. The first kappa shape index (κ1) is 13.7. The lowest BCUT2D eigenvalue weighted by Gasteiger charge is -2.23. The number of nitriles is 1. The standard InChI is InChI=1S/C15H13F2N3O/c16-15(17)6-12(8-21)20(9-15)14-4-2-11-5-10(7-18)1-3-13(11)19-14/h1-5,12,21H,6,8-9H2.